The van der Waals surface area contributed by atoms with Crippen molar-refractivity contribution in [3.05, 3.63) is 23.8 Å². The van der Waals surface area contributed by atoms with Crippen LogP contribution in [0.1, 0.15) is 26.3 Å². The van der Waals surface area contributed by atoms with Gasteiger partial charge in [-0.25, -0.2) is 4.98 Å². The van der Waals surface area contributed by atoms with E-state index in [1.54, 1.807) is 11.3 Å². The molecule has 108 valence electrons. The highest BCUT2D eigenvalue weighted by atomic mass is 32.1. The number of rotatable bonds is 5. The largest absolute Gasteiger partial charge is 0.354 e. The Morgan fingerprint density at radius 1 is 1.35 bits per heavy atom. The van der Waals surface area contributed by atoms with Crippen molar-refractivity contribution in [2.24, 2.45) is 5.92 Å². The third kappa shape index (κ3) is 3.48. The van der Waals surface area contributed by atoms with Gasteiger partial charge < -0.3 is 10.6 Å². The van der Waals surface area contributed by atoms with Crippen molar-refractivity contribution in [1.29, 1.82) is 0 Å². The first-order valence-corrected chi connectivity index (χ1v) is 7.69. The van der Waals surface area contributed by atoms with E-state index < -0.39 is 0 Å². The lowest BCUT2D eigenvalue weighted by atomic mass is 10.2. The fraction of sp³-hybridized carbons (Fsp3) is 0.467. The number of fused-ring (bicyclic) bond motifs is 1. The van der Waals surface area contributed by atoms with E-state index in [0.717, 1.165) is 20.9 Å². The van der Waals surface area contributed by atoms with Crippen LogP contribution >= 0.6 is 11.3 Å². The molecule has 0 radical (unpaired) electrons. The van der Waals surface area contributed by atoms with E-state index in [-0.39, 0.29) is 11.9 Å². The zero-order valence-electron chi connectivity index (χ0n) is 12.4. The molecule has 0 bridgehead atoms. The van der Waals surface area contributed by atoms with Crippen molar-refractivity contribution in [3.63, 3.8) is 0 Å². The van der Waals surface area contributed by atoms with Crippen LogP contribution in [0.15, 0.2) is 18.2 Å². The molecule has 1 aromatic carbocycles. The number of nitrogens with one attached hydrogen (secondary N) is 2. The zero-order chi connectivity index (χ0) is 14.7. The zero-order valence-corrected chi connectivity index (χ0v) is 13.2. The first kappa shape index (κ1) is 14.8. The highest BCUT2D eigenvalue weighted by molar-refractivity contribution is 7.22. The molecule has 1 aromatic heterocycles. The number of para-hydroxylation sites is 1. The second-order valence-electron chi connectivity index (χ2n) is 5.45. The van der Waals surface area contributed by atoms with Gasteiger partial charge in [-0.2, -0.15) is 0 Å². The quantitative estimate of drug-likeness (QED) is 0.889. The fourth-order valence-electron chi connectivity index (χ4n) is 1.86. The molecule has 2 N–H and O–H groups in total. The lowest BCUT2D eigenvalue weighted by Gasteiger charge is -2.14. The molecule has 5 heteroatoms. The molecular formula is C15H21N3OS. The van der Waals surface area contributed by atoms with Crippen molar-refractivity contribution in [3.8, 4) is 0 Å². The summed E-state index contributed by atoms with van der Waals surface area (Å²) in [4.78, 5) is 16.5. The number of carbonyl (C=O) groups is 1. The Morgan fingerprint density at radius 2 is 2.10 bits per heavy atom. The van der Waals surface area contributed by atoms with Crippen LogP contribution in [-0.4, -0.2) is 23.5 Å². The first-order valence-electron chi connectivity index (χ1n) is 6.87. The van der Waals surface area contributed by atoms with Gasteiger partial charge in [0.2, 0.25) is 5.91 Å². The van der Waals surface area contributed by atoms with Gasteiger partial charge in [0.05, 0.1) is 10.2 Å². The molecule has 0 saturated heterocycles. The van der Waals surface area contributed by atoms with E-state index in [4.69, 9.17) is 0 Å². The van der Waals surface area contributed by atoms with Gasteiger partial charge in [0.1, 0.15) is 6.04 Å². The molecule has 0 aliphatic carbocycles. The average molecular weight is 291 g/mol. The minimum absolute atomic E-state index is 0.00896. The van der Waals surface area contributed by atoms with Gasteiger partial charge in [-0.05, 0) is 31.4 Å². The van der Waals surface area contributed by atoms with E-state index in [0.29, 0.717) is 12.5 Å². The van der Waals surface area contributed by atoms with E-state index in [1.807, 2.05) is 26.0 Å². The Hall–Kier alpha value is -1.62. The number of amides is 1. The second-order valence-corrected chi connectivity index (χ2v) is 6.48. The maximum Gasteiger partial charge on any atom is 0.242 e. The lowest BCUT2D eigenvalue weighted by molar-refractivity contribution is -0.121. The summed E-state index contributed by atoms with van der Waals surface area (Å²) in [6.45, 7) is 8.76. The van der Waals surface area contributed by atoms with Crippen molar-refractivity contribution < 1.29 is 4.79 Å². The monoisotopic (exact) mass is 291 g/mol. The fourth-order valence-corrected chi connectivity index (χ4v) is 2.89. The third-order valence-electron chi connectivity index (χ3n) is 3.04. The summed E-state index contributed by atoms with van der Waals surface area (Å²) < 4.78 is 1.14. The standard InChI is InChI=1S/C15H21N3OS/c1-9(2)8-16-14(19)11(4)17-15-18-13-10(3)6-5-7-12(13)20-15/h5-7,9,11H,8H2,1-4H3,(H,16,19)(H,17,18). The summed E-state index contributed by atoms with van der Waals surface area (Å²) in [7, 11) is 0. The molecule has 2 aromatic rings. The summed E-state index contributed by atoms with van der Waals surface area (Å²) in [5.74, 6) is 0.464. The molecule has 1 unspecified atom stereocenters. The lowest BCUT2D eigenvalue weighted by Crippen LogP contribution is -2.39. The number of hydrogen-bond donors (Lipinski definition) is 2. The SMILES string of the molecule is Cc1cccc2sc(NC(C)C(=O)NCC(C)C)nc12. The average Bonchev–Trinajstić information content (AvgIpc) is 2.79. The number of benzene rings is 1. The van der Waals surface area contributed by atoms with Crippen LogP contribution in [0.25, 0.3) is 10.2 Å². The predicted octanol–water partition coefficient (Wildman–Crippen LogP) is 3.18. The first-order chi connectivity index (χ1) is 9.47. The number of thiazole rings is 1. The Labute approximate surface area is 123 Å². The van der Waals surface area contributed by atoms with Crippen LogP contribution in [0.3, 0.4) is 0 Å². The normalized spacial score (nSPS) is 12.7. The van der Waals surface area contributed by atoms with Crippen molar-refractivity contribution in [2.45, 2.75) is 33.7 Å². The van der Waals surface area contributed by atoms with E-state index in [2.05, 4.69) is 35.5 Å². The predicted molar refractivity (Wildman–Crippen MR) is 85.3 cm³/mol. The van der Waals surface area contributed by atoms with Gasteiger partial charge in [0, 0.05) is 6.54 Å². The van der Waals surface area contributed by atoms with Gasteiger partial charge in [-0.1, -0.05) is 37.3 Å². The maximum atomic E-state index is 11.9. The molecule has 20 heavy (non-hydrogen) atoms. The van der Waals surface area contributed by atoms with Crippen molar-refractivity contribution in [2.75, 3.05) is 11.9 Å². The summed E-state index contributed by atoms with van der Waals surface area (Å²) in [5.41, 5.74) is 2.17. The van der Waals surface area contributed by atoms with Crippen LogP contribution in [0.2, 0.25) is 0 Å². The third-order valence-corrected chi connectivity index (χ3v) is 3.99. The van der Waals surface area contributed by atoms with E-state index >= 15 is 0 Å². The summed E-state index contributed by atoms with van der Waals surface area (Å²) >= 11 is 1.58. The molecule has 0 fully saturated rings. The van der Waals surface area contributed by atoms with Crippen LogP contribution in [0.5, 0.6) is 0 Å². The maximum absolute atomic E-state index is 11.9. The number of nitrogens with zero attached hydrogens (tertiary/aromatic N) is 1. The Morgan fingerprint density at radius 3 is 2.75 bits per heavy atom. The van der Waals surface area contributed by atoms with Crippen LogP contribution in [0, 0.1) is 12.8 Å². The van der Waals surface area contributed by atoms with E-state index in [1.165, 1.54) is 0 Å². The van der Waals surface area contributed by atoms with Crippen molar-refractivity contribution in [1.82, 2.24) is 10.3 Å². The smallest absolute Gasteiger partial charge is 0.242 e. The van der Waals surface area contributed by atoms with Gasteiger partial charge >= 0.3 is 0 Å². The van der Waals surface area contributed by atoms with Gasteiger partial charge in [0.25, 0.3) is 0 Å². The molecule has 1 amide bonds. The highest BCUT2D eigenvalue weighted by Crippen LogP contribution is 2.28. The van der Waals surface area contributed by atoms with Crippen LogP contribution in [-0.2, 0) is 4.79 Å². The number of anilines is 1. The summed E-state index contributed by atoms with van der Waals surface area (Å²) in [5, 5.41) is 6.89. The number of carbonyl (C=O) groups excluding carboxylic acids is 1. The Bertz CT molecular complexity index is 606. The molecular weight excluding hydrogens is 270 g/mol. The number of hydrogen-bond acceptors (Lipinski definition) is 4. The van der Waals surface area contributed by atoms with Gasteiger partial charge in [-0.15, -0.1) is 0 Å². The topological polar surface area (TPSA) is 54.0 Å². The van der Waals surface area contributed by atoms with Gasteiger partial charge in [0.15, 0.2) is 5.13 Å². The number of aromatic nitrogens is 1. The van der Waals surface area contributed by atoms with Crippen molar-refractivity contribution >= 4 is 32.6 Å². The van der Waals surface area contributed by atoms with Gasteiger partial charge in [-0.3, -0.25) is 4.79 Å². The van der Waals surface area contributed by atoms with E-state index in [9.17, 15) is 4.79 Å². The Kier molecular flexibility index (Phi) is 4.60. The summed E-state index contributed by atoms with van der Waals surface area (Å²) in [6.07, 6.45) is 0. The summed E-state index contributed by atoms with van der Waals surface area (Å²) in [6, 6.07) is 5.84. The number of aryl methyl sites for hydroxylation is 1. The molecule has 1 heterocycles. The molecule has 0 saturated carbocycles. The van der Waals surface area contributed by atoms with Crippen LogP contribution in [0.4, 0.5) is 5.13 Å². The molecule has 0 aliphatic heterocycles. The molecule has 0 spiro atoms. The minimum atomic E-state index is -0.283. The minimum Gasteiger partial charge on any atom is -0.354 e. The Balaban J connectivity index is 2.04. The second kappa shape index (κ2) is 6.22. The molecule has 0 aliphatic rings. The molecule has 2 rings (SSSR count). The molecule has 4 nitrogen and oxygen atoms in total. The van der Waals surface area contributed by atoms with Crippen LogP contribution < -0.4 is 10.6 Å². The highest BCUT2D eigenvalue weighted by Gasteiger charge is 2.15. The molecule has 1 atom stereocenters.